The summed E-state index contributed by atoms with van der Waals surface area (Å²) in [4.78, 5) is 0. The molecule has 175 valence electrons. The van der Waals surface area contributed by atoms with E-state index in [0.29, 0.717) is 7.02 Å². The molecule has 33 heavy (non-hydrogen) atoms. The van der Waals surface area contributed by atoms with Crippen molar-refractivity contribution in [2.45, 2.75) is 44.1 Å². The van der Waals surface area contributed by atoms with Crippen LogP contribution in [0.15, 0.2) is 78.9 Å². The quantitative estimate of drug-likeness (QED) is 0.299. The Kier molecular flexibility index (Phi) is 5.69. The third-order valence-electron chi connectivity index (χ3n) is 5.91. The van der Waals surface area contributed by atoms with Crippen LogP contribution < -0.4 is 10.5 Å². The van der Waals surface area contributed by atoms with E-state index < -0.39 is 42.7 Å². The number of hydrogen-bond donors (Lipinski definition) is 0. The van der Waals surface area contributed by atoms with Crippen molar-refractivity contribution >= 4 is 29.8 Å². The summed E-state index contributed by atoms with van der Waals surface area (Å²) in [5.41, 5.74) is -4.56. The van der Waals surface area contributed by atoms with Gasteiger partial charge in [0.25, 0.3) is 0 Å². The summed E-state index contributed by atoms with van der Waals surface area (Å²) >= 11 is -5.09. The van der Waals surface area contributed by atoms with Crippen molar-refractivity contribution < 1.29 is 29.4 Å². The molecule has 0 fully saturated rings. The predicted molar refractivity (Wildman–Crippen MR) is 118 cm³/mol. The van der Waals surface area contributed by atoms with Crippen LogP contribution in [0.25, 0.3) is 0 Å². The Labute approximate surface area is 193 Å². The number of rotatable bonds is 2. The summed E-state index contributed by atoms with van der Waals surface area (Å²) in [5.74, 6) is 0. The van der Waals surface area contributed by atoms with Gasteiger partial charge >= 0.3 is 193 Å². The minimum atomic E-state index is -5.70. The SMILES string of the molecule is CC(C)(C)c1cc[c]([Sb]2([c]3ccccc3)[O]C(C(F)(F)F)(C(F)(F)F)c3cccc[c]32)cc1. The number of alkyl halides is 6. The van der Waals surface area contributed by atoms with E-state index in [1.54, 1.807) is 54.6 Å². The molecule has 1 aliphatic heterocycles. The van der Waals surface area contributed by atoms with Gasteiger partial charge in [0.15, 0.2) is 0 Å². The molecule has 1 radical (unpaired) electrons. The predicted octanol–water partition coefficient (Wildman–Crippen LogP) is 5.30. The zero-order valence-corrected chi connectivity index (χ0v) is 20.7. The van der Waals surface area contributed by atoms with Gasteiger partial charge in [0.05, 0.1) is 0 Å². The maximum atomic E-state index is 14.4. The Bertz CT molecular complexity index is 1130. The van der Waals surface area contributed by atoms with Crippen LogP contribution >= 0.6 is 0 Å². The van der Waals surface area contributed by atoms with Crippen molar-refractivity contribution in [3.05, 3.63) is 90.0 Å². The van der Waals surface area contributed by atoms with E-state index in [9.17, 15) is 26.3 Å². The number of halogens is 6. The van der Waals surface area contributed by atoms with E-state index in [1.807, 2.05) is 20.8 Å². The average molecular weight is 574 g/mol. The van der Waals surface area contributed by atoms with Crippen LogP contribution in [0.5, 0.6) is 0 Å². The Hall–Kier alpha value is -1.98. The Morgan fingerprint density at radius 2 is 1.12 bits per heavy atom. The molecule has 4 rings (SSSR count). The van der Waals surface area contributed by atoms with E-state index in [1.165, 1.54) is 18.2 Å². The molecule has 0 aromatic heterocycles. The van der Waals surface area contributed by atoms with Crippen LogP contribution in [-0.2, 0) is 14.0 Å². The molecule has 0 spiro atoms. The fraction of sp³-hybridized carbons (Fsp3) is 0.280. The van der Waals surface area contributed by atoms with Gasteiger partial charge < -0.3 is 0 Å². The van der Waals surface area contributed by atoms with Crippen molar-refractivity contribution in [1.29, 1.82) is 0 Å². The Balaban J connectivity index is 2.10. The van der Waals surface area contributed by atoms with E-state index >= 15 is 0 Å². The molecule has 0 amide bonds. The number of benzene rings is 3. The molecular weight excluding hydrogens is 552 g/mol. The molecular formula is C25H22F6OSb. The van der Waals surface area contributed by atoms with Crippen LogP contribution in [0.2, 0.25) is 0 Å². The zero-order chi connectivity index (χ0) is 24.3. The average Bonchev–Trinajstić information content (AvgIpc) is 3.08. The van der Waals surface area contributed by atoms with Crippen LogP contribution in [0.4, 0.5) is 26.3 Å². The van der Waals surface area contributed by atoms with Crippen molar-refractivity contribution in [2.24, 2.45) is 0 Å². The first kappa shape index (κ1) is 24.2. The van der Waals surface area contributed by atoms with Gasteiger partial charge in [-0.05, 0) is 0 Å². The standard InChI is InChI=1S/C10H13.C9H4F6O.C6H5.Sb/c1-10(2,3)9-7-5-4-6-8-9;10-8(11,12)7(16,9(13,14)15)6-4-2-1-3-5-6;1-2-4-6-5-3-1;/h5-8H,1-3H3;1-4H;1-5H;/q;-1;;+1. The third-order valence-corrected chi connectivity index (χ3v) is 16.4. The Morgan fingerprint density at radius 3 is 1.64 bits per heavy atom. The van der Waals surface area contributed by atoms with Gasteiger partial charge in [-0.25, -0.2) is 0 Å². The van der Waals surface area contributed by atoms with Gasteiger partial charge in [-0.1, -0.05) is 0 Å². The van der Waals surface area contributed by atoms with E-state index in [4.69, 9.17) is 3.02 Å². The van der Waals surface area contributed by atoms with E-state index in [2.05, 4.69) is 0 Å². The van der Waals surface area contributed by atoms with Crippen molar-refractivity contribution in [2.75, 3.05) is 0 Å². The second-order valence-electron chi connectivity index (χ2n) is 9.03. The van der Waals surface area contributed by atoms with Crippen LogP contribution in [0.1, 0.15) is 31.9 Å². The second kappa shape index (κ2) is 7.77. The number of hydrogen-bond acceptors (Lipinski definition) is 1. The second-order valence-corrected chi connectivity index (χ2v) is 17.3. The molecule has 0 saturated carbocycles. The first-order valence-electron chi connectivity index (χ1n) is 10.3. The van der Waals surface area contributed by atoms with Gasteiger partial charge in [0.1, 0.15) is 0 Å². The van der Waals surface area contributed by atoms with E-state index in [0.717, 1.165) is 11.6 Å². The van der Waals surface area contributed by atoms with Gasteiger partial charge in [0.2, 0.25) is 0 Å². The van der Waals surface area contributed by atoms with Crippen LogP contribution in [0, 0.1) is 0 Å². The minimum absolute atomic E-state index is 0.0142. The summed E-state index contributed by atoms with van der Waals surface area (Å²) in [7, 11) is 0. The molecule has 1 aliphatic rings. The molecule has 8 heteroatoms. The van der Waals surface area contributed by atoms with E-state index in [-0.39, 0.29) is 8.92 Å². The normalized spacial score (nSPS) is 20.5. The fourth-order valence-corrected chi connectivity index (χ4v) is 15.4. The molecule has 1 unspecified atom stereocenters. The van der Waals surface area contributed by atoms with Gasteiger partial charge in [-0.3, -0.25) is 0 Å². The molecule has 0 N–H and O–H groups in total. The fourth-order valence-electron chi connectivity index (χ4n) is 4.26. The first-order valence-corrected chi connectivity index (χ1v) is 15.1. The molecule has 0 saturated heterocycles. The Morgan fingerprint density at radius 1 is 0.636 bits per heavy atom. The molecule has 1 heterocycles. The van der Waals surface area contributed by atoms with Crippen LogP contribution in [-0.4, -0.2) is 31.6 Å². The molecule has 0 bridgehead atoms. The third kappa shape index (κ3) is 3.59. The molecule has 0 aliphatic carbocycles. The molecule has 3 aromatic rings. The summed E-state index contributed by atoms with van der Waals surface area (Å²) in [6.45, 7) is 5.95. The topological polar surface area (TPSA) is 9.23 Å². The van der Waals surface area contributed by atoms with Gasteiger partial charge in [-0.2, -0.15) is 0 Å². The van der Waals surface area contributed by atoms with Gasteiger partial charge in [0, 0.05) is 0 Å². The summed E-state index contributed by atoms with van der Waals surface area (Å²) in [6.07, 6.45) is -11.4. The van der Waals surface area contributed by atoms with Gasteiger partial charge in [-0.15, -0.1) is 0 Å². The zero-order valence-electron chi connectivity index (χ0n) is 18.1. The first-order chi connectivity index (χ1) is 15.2. The monoisotopic (exact) mass is 573 g/mol. The summed E-state index contributed by atoms with van der Waals surface area (Å²) in [6, 6.07) is 19.8. The summed E-state index contributed by atoms with van der Waals surface area (Å²) < 4.78 is 92.6. The van der Waals surface area contributed by atoms with Crippen molar-refractivity contribution in [1.82, 2.24) is 0 Å². The molecule has 1 nitrogen and oxygen atoms in total. The molecule has 3 aromatic carbocycles. The maximum absolute atomic E-state index is 14.4. The number of fused-ring (bicyclic) bond motifs is 1. The van der Waals surface area contributed by atoms with Crippen LogP contribution in [0.3, 0.4) is 0 Å². The summed E-state index contributed by atoms with van der Waals surface area (Å²) in [5, 5.41) is 0. The molecule has 1 atom stereocenters. The van der Waals surface area contributed by atoms with Crippen molar-refractivity contribution in [3.8, 4) is 0 Å². The van der Waals surface area contributed by atoms with Crippen molar-refractivity contribution in [3.63, 3.8) is 0 Å².